The Labute approximate surface area is 101 Å². The molecule has 18 heavy (non-hydrogen) atoms. The summed E-state index contributed by atoms with van der Waals surface area (Å²) in [5, 5.41) is 12.8. The van der Waals surface area contributed by atoms with Crippen LogP contribution < -0.4 is 5.32 Å². The van der Waals surface area contributed by atoms with Crippen molar-refractivity contribution in [2.24, 2.45) is 0 Å². The third-order valence-electron chi connectivity index (χ3n) is 2.09. The van der Waals surface area contributed by atoms with Crippen LogP contribution in [-0.2, 0) is 0 Å². The van der Waals surface area contributed by atoms with Crippen LogP contribution in [0.5, 0.6) is 0 Å². The van der Waals surface area contributed by atoms with E-state index in [9.17, 15) is 23.7 Å². The molecular formula is C11H10F2N2O3. The third-order valence-corrected chi connectivity index (χ3v) is 2.09. The predicted octanol–water partition coefficient (Wildman–Crippen LogP) is 2.18. The van der Waals surface area contributed by atoms with Gasteiger partial charge in [-0.25, -0.2) is 4.39 Å². The fourth-order valence-corrected chi connectivity index (χ4v) is 1.26. The Morgan fingerprint density at radius 1 is 1.50 bits per heavy atom. The molecule has 0 unspecified atom stereocenters. The molecule has 5 nitrogen and oxygen atoms in total. The van der Waals surface area contributed by atoms with Crippen LogP contribution in [0.25, 0.3) is 0 Å². The Morgan fingerprint density at radius 3 is 2.72 bits per heavy atom. The number of carbonyl (C=O) groups excluding carboxylic acids is 1. The van der Waals surface area contributed by atoms with Gasteiger partial charge < -0.3 is 5.32 Å². The molecule has 96 valence electrons. The van der Waals surface area contributed by atoms with E-state index in [4.69, 9.17) is 0 Å². The highest BCUT2D eigenvalue weighted by Crippen LogP contribution is 2.22. The van der Waals surface area contributed by atoms with Gasteiger partial charge in [-0.1, -0.05) is 6.08 Å². The van der Waals surface area contributed by atoms with Crippen molar-refractivity contribution in [3.05, 3.63) is 52.1 Å². The number of nitrogens with one attached hydrogen (secondary N) is 1. The molecule has 1 N–H and O–H groups in total. The van der Waals surface area contributed by atoms with Crippen molar-refractivity contribution in [3.63, 3.8) is 0 Å². The molecule has 0 aromatic heterocycles. The summed E-state index contributed by atoms with van der Waals surface area (Å²) in [6.07, 6.45) is 1.98. The normalized spacial score (nSPS) is 9.89. The highest BCUT2D eigenvalue weighted by atomic mass is 19.1. The summed E-state index contributed by atoms with van der Waals surface area (Å²) in [6.45, 7) is 3.61. The Balaban J connectivity index is 3.04. The second-order valence-electron chi connectivity index (χ2n) is 3.38. The fourth-order valence-electron chi connectivity index (χ4n) is 1.26. The van der Waals surface area contributed by atoms with Gasteiger partial charge in [0.15, 0.2) is 0 Å². The quantitative estimate of drug-likeness (QED) is 0.380. The summed E-state index contributed by atoms with van der Waals surface area (Å²) in [6, 6.07) is 1.04. The van der Waals surface area contributed by atoms with Gasteiger partial charge in [-0.05, 0) is 12.5 Å². The molecule has 0 aliphatic rings. The molecule has 0 saturated carbocycles. The van der Waals surface area contributed by atoms with Crippen LogP contribution in [0.1, 0.15) is 16.8 Å². The summed E-state index contributed by atoms with van der Waals surface area (Å²) in [5.41, 5.74) is -1.75. The number of carbonyl (C=O) groups is 1. The lowest BCUT2D eigenvalue weighted by atomic mass is 10.1. The molecule has 1 amide bonds. The topological polar surface area (TPSA) is 72.2 Å². The van der Waals surface area contributed by atoms with Gasteiger partial charge in [0.1, 0.15) is 5.82 Å². The monoisotopic (exact) mass is 256 g/mol. The highest BCUT2D eigenvalue weighted by Gasteiger charge is 2.23. The van der Waals surface area contributed by atoms with Crippen LogP contribution >= 0.6 is 0 Å². The fraction of sp³-hybridized carbons (Fsp3) is 0.182. The lowest BCUT2D eigenvalue weighted by Crippen LogP contribution is -2.25. The first-order valence-corrected chi connectivity index (χ1v) is 5.00. The predicted molar refractivity (Wildman–Crippen MR) is 60.2 cm³/mol. The number of benzene rings is 1. The van der Waals surface area contributed by atoms with Gasteiger partial charge >= 0.3 is 5.69 Å². The molecule has 0 heterocycles. The molecule has 0 spiro atoms. The standard InChI is InChI=1S/C11H10F2N2O3/c1-2-3-4-14-11(16)8-5-7(12)6-9(10(8)13)15(17)18/h2,5-6H,1,3-4H2,(H,14,16). The molecule has 0 atom stereocenters. The third kappa shape index (κ3) is 3.09. The maximum atomic E-state index is 13.6. The zero-order chi connectivity index (χ0) is 13.7. The van der Waals surface area contributed by atoms with E-state index in [0.29, 0.717) is 18.6 Å². The molecule has 0 saturated heterocycles. The van der Waals surface area contributed by atoms with Gasteiger partial charge in [-0.15, -0.1) is 6.58 Å². The Morgan fingerprint density at radius 2 is 2.17 bits per heavy atom. The molecular weight excluding hydrogens is 246 g/mol. The van der Waals surface area contributed by atoms with Crippen molar-refractivity contribution in [2.75, 3.05) is 6.54 Å². The molecule has 1 rings (SSSR count). The average molecular weight is 256 g/mol. The number of halogens is 2. The second kappa shape index (κ2) is 5.85. The molecule has 0 fully saturated rings. The van der Waals surface area contributed by atoms with Gasteiger partial charge in [-0.3, -0.25) is 14.9 Å². The number of amides is 1. The molecule has 1 aromatic rings. The van der Waals surface area contributed by atoms with E-state index < -0.39 is 33.7 Å². The average Bonchev–Trinajstić information content (AvgIpc) is 2.31. The lowest BCUT2D eigenvalue weighted by Gasteiger charge is -2.05. The van der Waals surface area contributed by atoms with Gasteiger partial charge in [0.05, 0.1) is 16.6 Å². The Kier molecular flexibility index (Phi) is 4.47. The van der Waals surface area contributed by atoms with E-state index >= 15 is 0 Å². The highest BCUT2D eigenvalue weighted by molar-refractivity contribution is 5.95. The van der Waals surface area contributed by atoms with E-state index in [-0.39, 0.29) is 6.54 Å². The molecule has 0 aliphatic heterocycles. The number of nitro groups is 1. The van der Waals surface area contributed by atoms with Crippen LogP contribution in [0.3, 0.4) is 0 Å². The Bertz CT molecular complexity index is 503. The number of rotatable bonds is 5. The van der Waals surface area contributed by atoms with Crippen LogP contribution in [0, 0.1) is 21.7 Å². The summed E-state index contributed by atoms with van der Waals surface area (Å²) in [5.74, 6) is -3.30. The largest absolute Gasteiger partial charge is 0.352 e. The molecule has 7 heteroatoms. The van der Waals surface area contributed by atoms with E-state index in [1.807, 2.05) is 0 Å². The minimum Gasteiger partial charge on any atom is -0.352 e. The number of nitrogens with zero attached hydrogens (tertiary/aromatic N) is 1. The van der Waals surface area contributed by atoms with E-state index in [2.05, 4.69) is 11.9 Å². The van der Waals surface area contributed by atoms with Crippen LogP contribution in [-0.4, -0.2) is 17.4 Å². The van der Waals surface area contributed by atoms with Crippen molar-refractivity contribution in [1.29, 1.82) is 0 Å². The van der Waals surface area contributed by atoms with Gasteiger partial charge in [0.25, 0.3) is 5.91 Å². The maximum Gasteiger partial charge on any atom is 0.308 e. The van der Waals surface area contributed by atoms with Crippen LogP contribution in [0.15, 0.2) is 24.8 Å². The van der Waals surface area contributed by atoms with Crippen LogP contribution in [0.2, 0.25) is 0 Å². The van der Waals surface area contributed by atoms with E-state index in [1.54, 1.807) is 0 Å². The van der Waals surface area contributed by atoms with Crippen molar-refractivity contribution in [2.45, 2.75) is 6.42 Å². The first-order chi connectivity index (χ1) is 8.47. The molecule has 0 aliphatic carbocycles. The molecule has 0 radical (unpaired) electrons. The van der Waals surface area contributed by atoms with E-state index in [0.717, 1.165) is 0 Å². The molecule has 1 aromatic carbocycles. The van der Waals surface area contributed by atoms with E-state index in [1.165, 1.54) is 6.08 Å². The first-order valence-electron chi connectivity index (χ1n) is 5.00. The van der Waals surface area contributed by atoms with Crippen molar-refractivity contribution in [3.8, 4) is 0 Å². The van der Waals surface area contributed by atoms with Crippen molar-refractivity contribution < 1.29 is 18.5 Å². The van der Waals surface area contributed by atoms with Gasteiger partial charge in [0, 0.05) is 6.54 Å². The molecule has 0 bridgehead atoms. The van der Waals surface area contributed by atoms with Crippen molar-refractivity contribution >= 4 is 11.6 Å². The summed E-state index contributed by atoms with van der Waals surface area (Å²) < 4.78 is 26.6. The van der Waals surface area contributed by atoms with Crippen LogP contribution in [0.4, 0.5) is 14.5 Å². The summed E-state index contributed by atoms with van der Waals surface area (Å²) >= 11 is 0. The zero-order valence-electron chi connectivity index (χ0n) is 9.28. The zero-order valence-corrected chi connectivity index (χ0v) is 9.28. The summed E-state index contributed by atoms with van der Waals surface area (Å²) in [7, 11) is 0. The minimum atomic E-state index is -1.35. The van der Waals surface area contributed by atoms with Gasteiger partial charge in [-0.2, -0.15) is 4.39 Å². The number of hydrogen-bond acceptors (Lipinski definition) is 3. The number of hydrogen-bond donors (Lipinski definition) is 1. The first kappa shape index (κ1) is 13.8. The number of nitro benzene ring substituents is 1. The SMILES string of the molecule is C=CCCNC(=O)c1cc(F)cc([N+](=O)[O-])c1F. The minimum absolute atomic E-state index is 0.187. The second-order valence-corrected chi connectivity index (χ2v) is 3.38. The smallest absolute Gasteiger partial charge is 0.308 e. The van der Waals surface area contributed by atoms with Crippen molar-refractivity contribution in [1.82, 2.24) is 5.32 Å². The summed E-state index contributed by atoms with van der Waals surface area (Å²) in [4.78, 5) is 20.9. The van der Waals surface area contributed by atoms with Gasteiger partial charge in [0.2, 0.25) is 5.82 Å². The Hall–Kier alpha value is -2.31. The maximum absolute atomic E-state index is 13.6. The lowest BCUT2D eigenvalue weighted by molar-refractivity contribution is -0.387.